The molecular weight excluding hydrogens is 503 g/mol. The van der Waals surface area contributed by atoms with Gasteiger partial charge < -0.3 is 16.7 Å². The maximum absolute atomic E-state index is 13.4. The number of ketones is 2. The number of halogens is 1. The number of carbonyl (C=O) groups excluding carboxylic acids is 3. The molecular formula is C29H40ClNaO6. The Morgan fingerprint density at radius 2 is 1.76 bits per heavy atom. The van der Waals surface area contributed by atoms with Crippen LogP contribution in [0.3, 0.4) is 0 Å². The van der Waals surface area contributed by atoms with Crippen LogP contribution in [0.2, 0.25) is 0 Å². The van der Waals surface area contributed by atoms with E-state index < -0.39 is 23.4 Å². The molecule has 4 aliphatic rings. The molecule has 8 heteroatoms. The van der Waals surface area contributed by atoms with Gasteiger partial charge in [-0.2, -0.15) is 0 Å². The third-order valence-corrected chi connectivity index (χ3v) is 10.4. The van der Waals surface area contributed by atoms with Crippen LogP contribution in [0, 0.1) is 34.5 Å². The predicted octanol–water partition coefficient (Wildman–Crippen LogP) is 0.973. The van der Waals surface area contributed by atoms with E-state index in [4.69, 9.17) is 11.6 Å². The van der Waals surface area contributed by atoms with Crippen molar-refractivity contribution in [1.82, 2.24) is 0 Å². The zero-order chi connectivity index (χ0) is 26.3. The van der Waals surface area contributed by atoms with Crippen molar-refractivity contribution in [2.75, 3.05) is 6.61 Å². The van der Waals surface area contributed by atoms with Gasteiger partial charge in [0.15, 0.2) is 5.78 Å². The Balaban J connectivity index is 0.000000361. The molecule has 0 aliphatic heterocycles. The van der Waals surface area contributed by atoms with E-state index in [1.807, 2.05) is 37.3 Å². The molecule has 3 N–H and O–H groups in total. The van der Waals surface area contributed by atoms with Gasteiger partial charge in [0.2, 0.25) is 5.24 Å². The first-order valence-electron chi connectivity index (χ1n) is 13.3. The minimum atomic E-state index is -1.58. The van der Waals surface area contributed by atoms with Crippen LogP contribution >= 0.6 is 11.6 Å². The molecule has 8 atom stereocenters. The summed E-state index contributed by atoms with van der Waals surface area (Å²) < 4.78 is 0. The van der Waals surface area contributed by atoms with Crippen molar-refractivity contribution in [3.63, 3.8) is 0 Å². The van der Waals surface area contributed by atoms with Crippen molar-refractivity contribution in [2.24, 2.45) is 34.5 Å². The first kappa shape index (κ1) is 30.9. The van der Waals surface area contributed by atoms with E-state index in [1.165, 1.54) is 0 Å². The number of carbonyl (C=O) groups is 3. The smallest absolute Gasteiger partial charge is 1.00 e. The van der Waals surface area contributed by atoms with Gasteiger partial charge in [-0.1, -0.05) is 44.2 Å². The normalized spacial score (nSPS) is 40.2. The molecule has 37 heavy (non-hydrogen) atoms. The average molecular weight is 543 g/mol. The number of benzene rings is 1. The third kappa shape index (κ3) is 5.54. The molecule has 5 rings (SSSR count). The summed E-state index contributed by atoms with van der Waals surface area (Å²) in [6.45, 7) is 3.46. The fraction of sp³-hybridized carbons (Fsp3) is 0.690. The maximum atomic E-state index is 13.4. The minimum absolute atomic E-state index is 0. The van der Waals surface area contributed by atoms with Crippen LogP contribution in [-0.4, -0.2) is 50.4 Å². The van der Waals surface area contributed by atoms with Crippen LogP contribution in [0.5, 0.6) is 0 Å². The first-order chi connectivity index (χ1) is 17.0. The van der Waals surface area contributed by atoms with Gasteiger partial charge in [0.05, 0.1) is 6.10 Å². The van der Waals surface area contributed by atoms with E-state index in [0.717, 1.165) is 44.1 Å². The van der Waals surface area contributed by atoms with Gasteiger partial charge in [0.1, 0.15) is 18.0 Å². The van der Waals surface area contributed by atoms with Crippen LogP contribution in [0.4, 0.5) is 0 Å². The second-order valence-electron chi connectivity index (χ2n) is 12.0. The number of fused-ring (bicyclic) bond motifs is 5. The zero-order valence-electron chi connectivity index (χ0n) is 23.3. The van der Waals surface area contributed by atoms with Gasteiger partial charge >= 0.3 is 29.6 Å². The molecule has 0 radical (unpaired) electrons. The first-order valence-corrected chi connectivity index (χ1v) is 13.6. The Kier molecular flexibility index (Phi) is 9.93. The summed E-state index contributed by atoms with van der Waals surface area (Å²) in [5.74, 6) is 0.380. The third-order valence-electron chi connectivity index (χ3n) is 10.3. The molecule has 0 bridgehead atoms. The predicted molar refractivity (Wildman–Crippen MR) is 137 cm³/mol. The molecule has 200 valence electrons. The van der Waals surface area contributed by atoms with Gasteiger partial charge in [-0.3, -0.25) is 14.4 Å². The summed E-state index contributed by atoms with van der Waals surface area (Å²) in [4.78, 5) is 36.1. The fourth-order valence-corrected chi connectivity index (χ4v) is 8.55. The summed E-state index contributed by atoms with van der Waals surface area (Å²) in [6.07, 6.45) is 5.80. The molecule has 1 aromatic carbocycles. The average Bonchev–Trinajstić information content (AvgIpc) is 3.10. The van der Waals surface area contributed by atoms with Crippen molar-refractivity contribution in [3.8, 4) is 0 Å². The monoisotopic (exact) mass is 542 g/mol. The number of Topliss-reactive ketones (excluding diaryl/α,β-unsaturated/α-hetero) is 2. The second kappa shape index (κ2) is 11.9. The number of aliphatic hydroxyl groups excluding tert-OH is 2. The minimum Gasteiger partial charge on any atom is -1.00 e. The van der Waals surface area contributed by atoms with E-state index >= 15 is 0 Å². The van der Waals surface area contributed by atoms with E-state index in [9.17, 15) is 29.7 Å². The van der Waals surface area contributed by atoms with E-state index in [0.29, 0.717) is 18.8 Å². The zero-order valence-corrected chi connectivity index (χ0v) is 25.0. The standard InChI is InChI=1S/C21H32O5.C8H7ClO.Na.H/c1-19-7-5-13(23)9-12(19)3-4-14-15-6-8-21(26,17(25)11-22)20(15,2)10-16(24)18(14)19;9-8(10)6-7-4-2-1-3-5-7;;/h12-15,18,22-23,26H,3-11H2,1-2H3;1-5H,6H2;;/q;;+1;-1/t12-,13-,14+,15+,18-,19+,20+,21+;;;/m1.../s1. The molecule has 1 aromatic rings. The molecule has 6 nitrogen and oxygen atoms in total. The number of hydrogen-bond donors (Lipinski definition) is 3. The van der Waals surface area contributed by atoms with Crippen molar-refractivity contribution in [2.45, 2.75) is 83.3 Å². The molecule has 4 aliphatic carbocycles. The summed E-state index contributed by atoms with van der Waals surface area (Å²) in [6, 6.07) is 9.42. The van der Waals surface area contributed by atoms with Crippen molar-refractivity contribution in [1.29, 1.82) is 0 Å². The molecule has 0 saturated heterocycles. The Bertz CT molecular complexity index is 1010. The Morgan fingerprint density at radius 1 is 1.08 bits per heavy atom. The Hall–Kier alpha value is -0.600. The van der Waals surface area contributed by atoms with Gasteiger partial charge in [0.25, 0.3) is 0 Å². The van der Waals surface area contributed by atoms with Crippen LogP contribution in [0.1, 0.15) is 72.2 Å². The topological polar surface area (TPSA) is 112 Å². The molecule has 0 unspecified atom stereocenters. The maximum Gasteiger partial charge on any atom is 1.00 e. The van der Waals surface area contributed by atoms with Crippen molar-refractivity contribution < 1.29 is 60.7 Å². The molecule has 4 saturated carbocycles. The Morgan fingerprint density at radius 3 is 2.38 bits per heavy atom. The number of rotatable bonds is 4. The van der Waals surface area contributed by atoms with Crippen LogP contribution in [0.25, 0.3) is 0 Å². The Labute approximate surface area is 248 Å². The van der Waals surface area contributed by atoms with Crippen LogP contribution in [0.15, 0.2) is 30.3 Å². The van der Waals surface area contributed by atoms with Gasteiger partial charge in [-0.05, 0) is 85.3 Å². The van der Waals surface area contributed by atoms with E-state index in [-0.39, 0.29) is 77.7 Å². The molecule has 4 fully saturated rings. The van der Waals surface area contributed by atoms with Gasteiger partial charge in [-0.25, -0.2) is 0 Å². The van der Waals surface area contributed by atoms with Gasteiger partial charge in [-0.15, -0.1) is 0 Å². The molecule has 0 spiro atoms. The van der Waals surface area contributed by atoms with Crippen molar-refractivity contribution in [3.05, 3.63) is 35.9 Å². The van der Waals surface area contributed by atoms with Crippen LogP contribution < -0.4 is 29.6 Å². The summed E-state index contributed by atoms with van der Waals surface area (Å²) >= 11 is 5.17. The summed E-state index contributed by atoms with van der Waals surface area (Å²) in [5.41, 5.74) is -1.44. The number of hydrogen-bond acceptors (Lipinski definition) is 6. The van der Waals surface area contributed by atoms with E-state index in [2.05, 4.69) is 6.92 Å². The van der Waals surface area contributed by atoms with Crippen LogP contribution in [-0.2, 0) is 20.8 Å². The largest absolute Gasteiger partial charge is 1.00 e. The van der Waals surface area contributed by atoms with Crippen molar-refractivity contribution >= 4 is 28.4 Å². The molecule has 0 amide bonds. The summed E-state index contributed by atoms with van der Waals surface area (Å²) in [7, 11) is 0. The fourth-order valence-electron chi connectivity index (χ4n) is 8.40. The van der Waals surface area contributed by atoms with Gasteiger partial charge in [0, 0.05) is 24.2 Å². The molecule has 0 heterocycles. The molecule has 0 aromatic heterocycles. The quantitative estimate of drug-likeness (QED) is 0.386. The SMILES string of the molecule is C[C@]12CC[C@@H](O)C[C@H]1CC[C@@H]1[C@@H]2C(=O)C[C@@]2(C)[C@H]1CC[C@]2(O)C(=O)CO.O=C(Cl)Cc1ccccc1.[H-].[Na+]. The second-order valence-corrected chi connectivity index (χ2v) is 12.4. The van der Waals surface area contributed by atoms with E-state index in [1.54, 1.807) is 0 Å². The summed E-state index contributed by atoms with van der Waals surface area (Å²) in [5, 5.41) is 30.3. The number of aliphatic hydroxyl groups is 3.